The molecule has 0 saturated heterocycles. The highest BCUT2D eigenvalue weighted by molar-refractivity contribution is 7.92. The van der Waals surface area contributed by atoms with Gasteiger partial charge in [-0.25, -0.2) is 22.6 Å². The molecule has 41 heavy (non-hydrogen) atoms. The highest BCUT2D eigenvalue weighted by Gasteiger charge is 2.19. The van der Waals surface area contributed by atoms with Crippen molar-refractivity contribution in [2.24, 2.45) is 0 Å². The Hall–Kier alpha value is -4.22. The van der Waals surface area contributed by atoms with Gasteiger partial charge < -0.3 is 4.98 Å². The number of anilines is 1. The van der Waals surface area contributed by atoms with Crippen LogP contribution in [0.4, 0.5) is 10.1 Å². The summed E-state index contributed by atoms with van der Waals surface area (Å²) in [7, 11) is -3.82. The molecular weight excluding hydrogens is 569 g/mol. The highest BCUT2D eigenvalue weighted by atomic mass is 35.5. The van der Waals surface area contributed by atoms with Crippen molar-refractivity contribution in [3.8, 4) is 0 Å². The van der Waals surface area contributed by atoms with Crippen molar-refractivity contribution in [2.45, 2.75) is 44.2 Å². The van der Waals surface area contributed by atoms with Crippen LogP contribution in [0.25, 0.3) is 11.2 Å². The first-order valence-electron chi connectivity index (χ1n) is 13.0. The van der Waals surface area contributed by atoms with Crippen molar-refractivity contribution < 1.29 is 12.8 Å². The number of unbranched alkanes of at least 4 members (excludes halogenated alkanes) is 1. The summed E-state index contributed by atoms with van der Waals surface area (Å²) in [6.07, 6.45) is 1.82. The number of imidazole rings is 1. The average molecular weight is 596 g/mol. The van der Waals surface area contributed by atoms with Gasteiger partial charge in [0.2, 0.25) is 0 Å². The first-order valence-corrected chi connectivity index (χ1v) is 14.9. The third-order valence-corrected chi connectivity index (χ3v) is 8.23. The van der Waals surface area contributed by atoms with Crippen molar-refractivity contribution in [3.05, 3.63) is 121 Å². The molecular formula is C29H27ClFN5O4S. The van der Waals surface area contributed by atoms with E-state index >= 15 is 0 Å². The summed E-state index contributed by atoms with van der Waals surface area (Å²) in [6.45, 7) is 2.15. The minimum absolute atomic E-state index is 0.0473. The van der Waals surface area contributed by atoms with E-state index in [1.54, 1.807) is 54.6 Å². The van der Waals surface area contributed by atoms with Gasteiger partial charge in [0, 0.05) is 29.2 Å². The molecule has 2 N–H and O–H groups in total. The van der Waals surface area contributed by atoms with E-state index in [2.05, 4.69) is 14.7 Å². The van der Waals surface area contributed by atoms with Gasteiger partial charge in [-0.2, -0.15) is 0 Å². The summed E-state index contributed by atoms with van der Waals surface area (Å²) in [5, 5.41) is 0.313. The molecule has 0 aliphatic heterocycles. The number of aromatic amines is 1. The van der Waals surface area contributed by atoms with Gasteiger partial charge in [-0.1, -0.05) is 61.3 Å². The van der Waals surface area contributed by atoms with Crippen LogP contribution in [0.1, 0.15) is 36.7 Å². The summed E-state index contributed by atoms with van der Waals surface area (Å²) in [4.78, 5) is 34.4. The smallest absolute Gasteiger partial charge is 0.333 e. The fourth-order valence-corrected chi connectivity index (χ4v) is 5.84. The van der Waals surface area contributed by atoms with Gasteiger partial charge >= 0.3 is 5.69 Å². The number of hydrogen-bond acceptors (Lipinski definition) is 5. The third kappa shape index (κ3) is 6.10. The highest BCUT2D eigenvalue weighted by Crippen LogP contribution is 2.20. The third-order valence-electron chi connectivity index (χ3n) is 6.62. The average Bonchev–Trinajstić information content (AvgIpc) is 3.36. The molecule has 2 heterocycles. The van der Waals surface area contributed by atoms with Gasteiger partial charge in [-0.15, -0.1) is 0 Å². The predicted molar refractivity (Wildman–Crippen MR) is 157 cm³/mol. The van der Waals surface area contributed by atoms with E-state index in [9.17, 15) is 22.4 Å². The molecule has 12 heteroatoms. The number of nitrogens with one attached hydrogen (secondary N) is 2. The zero-order valence-electron chi connectivity index (χ0n) is 22.1. The molecule has 2 aromatic heterocycles. The lowest BCUT2D eigenvalue weighted by molar-refractivity contribution is 0.553. The fraction of sp³-hybridized carbons (Fsp3) is 0.207. The van der Waals surface area contributed by atoms with E-state index < -0.39 is 27.1 Å². The second-order valence-electron chi connectivity index (χ2n) is 9.59. The number of aryl methyl sites for hydroxylation is 1. The molecule has 0 saturated carbocycles. The normalized spacial score (nSPS) is 11.7. The molecule has 9 nitrogen and oxygen atoms in total. The molecule has 0 amide bonds. The lowest BCUT2D eigenvalue weighted by Crippen LogP contribution is -2.40. The summed E-state index contributed by atoms with van der Waals surface area (Å²) < 4.78 is 44.7. The van der Waals surface area contributed by atoms with E-state index in [-0.39, 0.29) is 28.2 Å². The quantitative estimate of drug-likeness (QED) is 0.238. The van der Waals surface area contributed by atoms with Crippen LogP contribution in [0.15, 0.2) is 87.3 Å². The van der Waals surface area contributed by atoms with E-state index in [1.807, 2.05) is 6.92 Å². The molecule has 0 atom stereocenters. The first-order chi connectivity index (χ1) is 19.7. The van der Waals surface area contributed by atoms with Crippen molar-refractivity contribution in [1.82, 2.24) is 19.1 Å². The Kier molecular flexibility index (Phi) is 8.09. The molecule has 0 spiro atoms. The number of nitrogens with zero attached hydrogens (tertiary/aromatic N) is 3. The Labute approximate surface area is 240 Å². The standard InChI is InChI=1S/C29H27ClFN5O4S/c1-2-3-15-35-27-26(28(37)36(29(35)38)18-20-7-4-5-10-24(20)31)32-25(33-27)16-19-11-13-22(14-12-19)34-41(39,40)23-9-6-8-21(30)17-23/h4-14,17,34H,2-3,15-16,18H2,1H3,(H,32,33). The van der Waals surface area contributed by atoms with Crippen LogP contribution in [-0.4, -0.2) is 27.5 Å². The molecule has 212 valence electrons. The van der Waals surface area contributed by atoms with Crippen molar-refractivity contribution in [1.29, 1.82) is 0 Å². The molecule has 0 aliphatic carbocycles. The molecule has 0 aliphatic rings. The van der Waals surface area contributed by atoms with Gasteiger partial charge in [0.05, 0.1) is 11.4 Å². The molecule has 5 aromatic rings. The number of aromatic nitrogens is 4. The van der Waals surface area contributed by atoms with Crippen LogP contribution < -0.4 is 16.0 Å². The van der Waals surface area contributed by atoms with E-state index in [0.29, 0.717) is 35.9 Å². The Bertz CT molecular complexity index is 1950. The maximum absolute atomic E-state index is 14.3. The van der Waals surface area contributed by atoms with Gasteiger partial charge in [-0.3, -0.25) is 18.7 Å². The van der Waals surface area contributed by atoms with Gasteiger partial charge in [0.15, 0.2) is 5.65 Å². The molecule has 0 fully saturated rings. The molecule has 3 aromatic carbocycles. The van der Waals surface area contributed by atoms with Crippen LogP contribution in [0, 0.1) is 5.82 Å². The van der Waals surface area contributed by atoms with E-state index in [4.69, 9.17) is 11.6 Å². The SMILES string of the molecule is CCCCn1c(=O)n(Cc2ccccc2F)c(=O)c2[nH]c(Cc3ccc(NS(=O)(=O)c4cccc(Cl)c4)cc3)nc21. The fourth-order valence-electron chi connectivity index (χ4n) is 4.48. The second-order valence-corrected chi connectivity index (χ2v) is 11.7. The molecule has 5 rings (SSSR count). The second kappa shape index (κ2) is 11.7. The Morgan fingerprint density at radius 1 is 1.00 bits per heavy atom. The van der Waals surface area contributed by atoms with Crippen LogP contribution >= 0.6 is 11.6 Å². The number of H-pyrrole nitrogens is 1. The molecule has 0 unspecified atom stereocenters. The van der Waals surface area contributed by atoms with Crippen molar-refractivity contribution >= 4 is 38.5 Å². The summed E-state index contributed by atoms with van der Waals surface area (Å²) >= 11 is 5.93. The van der Waals surface area contributed by atoms with Gasteiger partial charge in [0.1, 0.15) is 17.2 Å². The van der Waals surface area contributed by atoms with E-state index in [0.717, 1.165) is 16.6 Å². The van der Waals surface area contributed by atoms with Crippen LogP contribution in [-0.2, 0) is 29.5 Å². The minimum Gasteiger partial charge on any atom is -0.336 e. The lowest BCUT2D eigenvalue weighted by atomic mass is 10.1. The summed E-state index contributed by atoms with van der Waals surface area (Å²) in [6, 6.07) is 18.7. The zero-order chi connectivity index (χ0) is 29.1. The van der Waals surface area contributed by atoms with Crippen LogP contribution in [0.3, 0.4) is 0 Å². The number of rotatable bonds is 10. The minimum atomic E-state index is -3.82. The van der Waals surface area contributed by atoms with Gasteiger partial charge in [-0.05, 0) is 48.4 Å². The number of benzene rings is 3. The van der Waals surface area contributed by atoms with Crippen molar-refractivity contribution in [3.63, 3.8) is 0 Å². The predicted octanol–water partition coefficient (Wildman–Crippen LogP) is 4.92. The van der Waals surface area contributed by atoms with Gasteiger partial charge in [0.25, 0.3) is 15.6 Å². The number of hydrogen-bond donors (Lipinski definition) is 2. The molecule has 0 radical (unpaired) electrons. The zero-order valence-corrected chi connectivity index (χ0v) is 23.7. The number of sulfonamides is 1. The van der Waals surface area contributed by atoms with Crippen LogP contribution in [0.5, 0.6) is 0 Å². The topological polar surface area (TPSA) is 119 Å². The Balaban J connectivity index is 1.44. The Morgan fingerprint density at radius 3 is 2.46 bits per heavy atom. The maximum Gasteiger partial charge on any atom is 0.333 e. The summed E-state index contributed by atoms with van der Waals surface area (Å²) in [5.74, 6) is -0.0414. The van der Waals surface area contributed by atoms with Crippen molar-refractivity contribution in [2.75, 3.05) is 4.72 Å². The number of halogens is 2. The monoisotopic (exact) mass is 595 g/mol. The molecule has 0 bridgehead atoms. The Morgan fingerprint density at radius 2 is 1.76 bits per heavy atom. The van der Waals surface area contributed by atoms with E-state index in [1.165, 1.54) is 22.8 Å². The lowest BCUT2D eigenvalue weighted by Gasteiger charge is -2.11. The summed E-state index contributed by atoms with van der Waals surface area (Å²) in [5.41, 5.74) is 0.682. The number of fused-ring (bicyclic) bond motifs is 1. The van der Waals surface area contributed by atoms with Crippen LogP contribution in [0.2, 0.25) is 5.02 Å². The largest absolute Gasteiger partial charge is 0.336 e. The maximum atomic E-state index is 14.3. The first kappa shape index (κ1) is 28.3.